The van der Waals surface area contributed by atoms with Gasteiger partial charge in [-0.25, -0.2) is 0 Å². The van der Waals surface area contributed by atoms with E-state index in [1.807, 2.05) is 30.3 Å². The fourth-order valence-electron chi connectivity index (χ4n) is 3.33. The summed E-state index contributed by atoms with van der Waals surface area (Å²) in [6.07, 6.45) is 0. The van der Waals surface area contributed by atoms with E-state index in [4.69, 9.17) is 21.1 Å². The molecule has 168 valence electrons. The second kappa shape index (κ2) is 10.2. The van der Waals surface area contributed by atoms with Gasteiger partial charge in [0.1, 0.15) is 18.0 Å². The highest BCUT2D eigenvalue weighted by Gasteiger charge is 2.28. The summed E-state index contributed by atoms with van der Waals surface area (Å²) >= 11 is 5.94. The molecule has 3 aromatic carbocycles. The molecule has 1 heterocycles. The van der Waals surface area contributed by atoms with Crippen molar-refractivity contribution >= 4 is 34.9 Å². The third kappa shape index (κ3) is 5.70. The van der Waals surface area contributed by atoms with Crippen LogP contribution in [0.3, 0.4) is 0 Å². The lowest BCUT2D eigenvalue weighted by Crippen LogP contribution is -2.45. The van der Waals surface area contributed by atoms with Gasteiger partial charge in [0.25, 0.3) is 5.91 Å². The van der Waals surface area contributed by atoms with Gasteiger partial charge >= 0.3 is 0 Å². The number of hydrogen-bond acceptors (Lipinski definition) is 5. The lowest BCUT2D eigenvalue weighted by molar-refractivity contribution is -0.125. The Labute approximate surface area is 195 Å². The standard InChI is InChI=1S/C25H21ClN2O5/c26-19-7-4-8-20(12-19)32-15-22(29)18-9-10-23-21(11-18)28(25(31)16-33-23)14-24(30)27-13-17-5-2-1-3-6-17/h1-12H,13-16H2,(H,27,30). The molecular formula is C25H21ClN2O5. The summed E-state index contributed by atoms with van der Waals surface area (Å²) < 4.78 is 11.0. The first-order chi connectivity index (χ1) is 16.0. The minimum atomic E-state index is -0.364. The molecule has 0 radical (unpaired) electrons. The van der Waals surface area contributed by atoms with E-state index in [1.54, 1.807) is 42.5 Å². The van der Waals surface area contributed by atoms with Crippen LogP contribution in [0.25, 0.3) is 0 Å². The Hall–Kier alpha value is -3.84. The smallest absolute Gasteiger partial charge is 0.265 e. The first kappa shape index (κ1) is 22.4. The van der Waals surface area contributed by atoms with Gasteiger partial charge in [-0.1, -0.05) is 48.0 Å². The van der Waals surface area contributed by atoms with Crippen LogP contribution in [0.2, 0.25) is 5.02 Å². The van der Waals surface area contributed by atoms with Crippen LogP contribution >= 0.6 is 11.6 Å². The zero-order valence-corrected chi connectivity index (χ0v) is 18.4. The Bertz CT molecular complexity index is 1180. The van der Waals surface area contributed by atoms with Crippen LogP contribution in [0.4, 0.5) is 5.69 Å². The molecule has 7 nitrogen and oxygen atoms in total. The van der Waals surface area contributed by atoms with Gasteiger partial charge in [0.2, 0.25) is 5.91 Å². The topological polar surface area (TPSA) is 84.9 Å². The molecule has 0 aromatic heterocycles. The second-order valence-corrected chi connectivity index (χ2v) is 7.82. The van der Waals surface area contributed by atoms with E-state index in [-0.39, 0.29) is 37.4 Å². The number of halogens is 1. The van der Waals surface area contributed by atoms with Crippen LogP contribution in [-0.2, 0) is 16.1 Å². The number of nitrogens with one attached hydrogen (secondary N) is 1. The van der Waals surface area contributed by atoms with Crippen LogP contribution in [0.5, 0.6) is 11.5 Å². The molecule has 0 saturated heterocycles. The Morgan fingerprint density at radius 1 is 1.03 bits per heavy atom. The normalized spacial score (nSPS) is 12.5. The quantitative estimate of drug-likeness (QED) is 0.514. The van der Waals surface area contributed by atoms with Crippen molar-refractivity contribution in [2.45, 2.75) is 6.54 Å². The molecule has 1 aliphatic heterocycles. The van der Waals surface area contributed by atoms with Crippen molar-refractivity contribution in [3.05, 3.63) is 88.9 Å². The zero-order chi connectivity index (χ0) is 23.2. The number of anilines is 1. The van der Waals surface area contributed by atoms with Crippen molar-refractivity contribution in [2.24, 2.45) is 0 Å². The maximum absolute atomic E-state index is 12.7. The van der Waals surface area contributed by atoms with Gasteiger partial charge in [-0.3, -0.25) is 19.3 Å². The Balaban J connectivity index is 1.44. The second-order valence-electron chi connectivity index (χ2n) is 7.38. The summed E-state index contributed by atoms with van der Waals surface area (Å²) in [5.74, 6) is -0.0655. The van der Waals surface area contributed by atoms with E-state index in [2.05, 4.69) is 5.32 Å². The summed E-state index contributed by atoms with van der Waals surface area (Å²) in [6.45, 7) is -0.210. The van der Waals surface area contributed by atoms with Gasteiger partial charge in [0, 0.05) is 17.1 Å². The first-order valence-electron chi connectivity index (χ1n) is 10.3. The van der Waals surface area contributed by atoms with Crippen LogP contribution in [0, 0.1) is 0 Å². The highest BCUT2D eigenvalue weighted by Crippen LogP contribution is 2.33. The lowest BCUT2D eigenvalue weighted by Gasteiger charge is -2.29. The number of nitrogens with zero attached hydrogens (tertiary/aromatic N) is 1. The molecular weight excluding hydrogens is 444 g/mol. The molecule has 2 amide bonds. The lowest BCUT2D eigenvalue weighted by atomic mass is 10.1. The number of benzene rings is 3. The van der Waals surface area contributed by atoms with Crippen LogP contribution < -0.4 is 19.7 Å². The number of amides is 2. The number of fused-ring (bicyclic) bond motifs is 1. The number of carbonyl (C=O) groups excluding carboxylic acids is 3. The number of ether oxygens (including phenoxy) is 2. The summed E-state index contributed by atoms with van der Waals surface area (Å²) in [5, 5.41) is 3.31. The molecule has 0 atom stereocenters. The number of carbonyl (C=O) groups is 3. The van der Waals surface area contributed by atoms with Gasteiger partial charge in [0.05, 0.1) is 5.69 Å². The average molecular weight is 465 g/mol. The van der Waals surface area contributed by atoms with Gasteiger partial charge in [0.15, 0.2) is 19.0 Å². The van der Waals surface area contributed by atoms with Gasteiger partial charge in [-0.2, -0.15) is 0 Å². The third-order valence-corrected chi connectivity index (χ3v) is 5.26. The van der Waals surface area contributed by atoms with E-state index in [1.165, 1.54) is 4.90 Å². The van der Waals surface area contributed by atoms with Crippen LogP contribution in [-0.4, -0.2) is 37.4 Å². The predicted molar refractivity (Wildman–Crippen MR) is 124 cm³/mol. The molecule has 0 fully saturated rings. The van der Waals surface area contributed by atoms with Crippen LogP contribution in [0.15, 0.2) is 72.8 Å². The molecule has 0 unspecified atom stereocenters. The highest BCUT2D eigenvalue weighted by atomic mass is 35.5. The molecule has 0 saturated carbocycles. The number of rotatable bonds is 8. The summed E-state index contributed by atoms with van der Waals surface area (Å²) in [4.78, 5) is 39.0. The minimum Gasteiger partial charge on any atom is -0.485 e. The molecule has 3 aromatic rings. The molecule has 0 aliphatic carbocycles. The molecule has 0 bridgehead atoms. The van der Waals surface area contributed by atoms with Crippen LogP contribution in [0.1, 0.15) is 15.9 Å². The maximum Gasteiger partial charge on any atom is 0.265 e. The summed E-state index contributed by atoms with van der Waals surface area (Å²) in [5.41, 5.74) is 1.66. The molecule has 33 heavy (non-hydrogen) atoms. The molecule has 8 heteroatoms. The van der Waals surface area contributed by atoms with Crippen molar-refractivity contribution in [1.82, 2.24) is 5.32 Å². The van der Waals surface area contributed by atoms with Crippen molar-refractivity contribution < 1.29 is 23.9 Å². The fourth-order valence-corrected chi connectivity index (χ4v) is 3.51. The summed E-state index contributed by atoms with van der Waals surface area (Å²) in [7, 11) is 0. The Morgan fingerprint density at radius 3 is 2.64 bits per heavy atom. The number of ketones is 1. The largest absolute Gasteiger partial charge is 0.485 e. The van der Waals surface area contributed by atoms with E-state index >= 15 is 0 Å². The van der Waals surface area contributed by atoms with Gasteiger partial charge in [-0.15, -0.1) is 0 Å². The predicted octanol–water partition coefficient (Wildman–Crippen LogP) is 3.64. The monoisotopic (exact) mass is 464 g/mol. The Morgan fingerprint density at radius 2 is 1.85 bits per heavy atom. The summed E-state index contributed by atoms with van der Waals surface area (Å²) in [6, 6.07) is 21.0. The Kier molecular flexibility index (Phi) is 6.90. The average Bonchev–Trinajstić information content (AvgIpc) is 2.83. The minimum absolute atomic E-state index is 0.176. The molecule has 4 rings (SSSR count). The van der Waals surface area contributed by atoms with Crippen molar-refractivity contribution in [3.63, 3.8) is 0 Å². The number of hydrogen-bond donors (Lipinski definition) is 1. The van der Waals surface area contributed by atoms with E-state index in [9.17, 15) is 14.4 Å². The van der Waals surface area contributed by atoms with E-state index in [0.29, 0.717) is 34.3 Å². The molecule has 1 aliphatic rings. The van der Waals surface area contributed by atoms with E-state index < -0.39 is 0 Å². The molecule has 1 N–H and O–H groups in total. The fraction of sp³-hybridized carbons (Fsp3) is 0.160. The van der Waals surface area contributed by atoms with Gasteiger partial charge in [-0.05, 0) is 42.0 Å². The number of Topliss-reactive ketones (excluding diaryl/α,β-unsaturated/α-hetero) is 1. The highest BCUT2D eigenvalue weighted by molar-refractivity contribution is 6.30. The van der Waals surface area contributed by atoms with Crippen molar-refractivity contribution in [2.75, 3.05) is 24.7 Å². The zero-order valence-electron chi connectivity index (χ0n) is 17.6. The van der Waals surface area contributed by atoms with Crippen molar-refractivity contribution in [3.8, 4) is 11.5 Å². The third-order valence-electron chi connectivity index (χ3n) is 5.02. The first-order valence-corrected chi connectivity index (χ1v) is 10.7. The van der Waals surface area contributed by atoms with E-state index in [0.717, 1.165) is 5.56 Å². The van der Waals surface area contributed by atoms with Gasteiger partial charge < -0.3 is 14.8 Å². The van der Waals surface area contributed by atoms with Crippen molar-refractivity contribution in [1.29, 1.82) is 0 Å². The maximum atomic E-state index is 12.7. The molecule has 0 spiro atoms. The SMILES string of the molecule is O=C(CN1C(=O)COc2ccc(C(=O)COc3cccc(Cl)c3)cc21)NCc1ccccc1.